The van der Waals surface area contributed by atoms with Crippen LogP contribution in [0.5, 0.6) is 11.5 Å². The number of nitrogens with zero attached hydrogens (tertiary/aromatic N) is 5. The van der Waals surface area contributed by atoms with Crippen molar-refractivity contribution >= 4 is 11.4 Å². The maximum atomic E-state index is 11.8. The third-order valence-corrected chi connectivity index (χ3v) is 5.40. The van der Waals surface area contributed by atoms with Gasteiger partial charge < -0.3 is 19.3 Å². The van der Waals surface area contributed by atoms with Crippen LogP contribution >= 0.6 is 0 Å². The molecule has 2 aromatic rings. The van der Waals surface area contributed by atoms with Gasteiger partial charge in [0, 0.05) is 59.4 Å². The minimum absolute atomic E-state index is 0.0876. The van der Waals surface area contributed by atoms with Gasteiger partial charge in [0.15, 0.2) is 11.5 Å². The molecule has 0 atom stereocenters. The Morgan fingerprint density at radius 2 is 1.93 bits per heavy atom. The molecule has 1 saturated heterocycles. The Balaban J connectivity index is 1.31. The second-order valence-corrected chi connectivity index (χ2v) is 7.23. The van der Waals surface area contributed by atoms with Gasteiger partial charge in [0.25, 0.3) is 5.56 Å². The topological polar surface area (TPSA) is 63.1 Å². The van der Waals surface area contributed by atoms with Gasteiger partial charge in [-0.15, -0.1) is 0 Å². The molecule has 2 aliphatic rings. The van der Waals surface area contributed by atoms with E-state index in [1.807, 2.05) is 19.2 Å². The fourth-order valence-electron chi connectivity index (χ4n) is 3.61. The molecule has 4 rings (SSSR count). The second kappa shape index (κ2) is 8.10. The zero-order chi connectivity index (χ0) is 19.5. The van der Waals surface area contributed by atoms with Gasteiger partial charge in [0.1, 0.15) is 13.2 Å². The van der Waals surface area contributed by atoms with Gasteiger partial charge >= 0.3 is 0 Å². The molecule has 1 aromatic carbocycles. The first kappa shape index (κ1) is 18.6. The Morgan fingerprint density at radius 1 is 1.14 bits per heavy atom. The lowest BCUT2D eigenvalue weighted by Gasteiger charge is -2.38. The highest BCUT2D eigenvalue weighted by Crippen LogP contribution is 2.39. The first-order chi connectivity index (χ1) is 13.6. The largest absolute Gasteiger partial charge is 0.486 e. The monoisotopic (exact) mass is 385 g/mol. The van der Waals surface area contributed by atoms with Crippen molar-refractivity contribution in [2.24, 2.45) is 7.05 Å². The van der Waals surface area contributed by atoms with Crippen LogP contribution in [0.15, 0.2) is 35.3 Å². The summed E-state index contributed by atoms with van der Waals surface area (Å²) in [5.41, 5.74) is 1.89. The molecule has 0 amide bonds. The van der Waals surface area contributed by atoms with E-state index in [4.69, 9.17) is 9.47 Å². The van der Waals surface area contributed by atoms with E-state index in [2.05, 4.69) is 25.9 Å². The molecule has 0 bridgehead atoms. The summed E-state index contributed by atoms with van der Waals surface area (Å²) in [6.45, 7) is 6.92. The first-order valence-electron chi connectivity index (χ1n) is 9.72. The molecule has 8 heteroatoms. The van der Waals surface area contributed by atoms with E-state index in [-0.39, 0.29) is 5.56 Å². The molecule has 3 heterocycles. The van der Waals surface area contributed by atoms with Crippen molar-refractivity contribution < 1.29 is 9.47 Å². The number of fused-ring (bicyclic) bond motifs is 1. The minimum atomic E-state index is -0.0876. The lowest BCUT2D eigenvalue weighted by molar-refractivity contribution is 0.171. The van der Waals surface area contributed by atoms with Crippen LogP contribution in [0.1, 0.15) is 0 Å². The van der Waals surface area contributed by atoms with E-state index in [0.717, 1.165) is 62.1 Å². The number of anilines is 2. The van der Waals surface area contributed by atoms with Crippen LogP contribution in [0.4, 0.5) is 11.4 Å². The molecule has 28 heavy (non-hydrogen) atoms. The van der Waals surface area contributed by atoms with E-state index >= 15 is 0 Å². The molecule has 150 valence electrons. The van der Waals surface area contributed by atoms with Crippen LogP contribution in [0.3, 0.4) is 0 Å². The Bertz CT molecular complexity index is 876. The number of hydrogen-bond donors (Lipinski definition) is 0. The van der Waals surface area contributed by atoms with Crippen LogP contribution < -0.4 is 24.8 Å². The fraction of sp³-hybridized carbons (Fsp3) is 0.500. The summed E-state index contributed by atoms with van der Waals surface area (Å²) in [5, 5.41) is 4.09. The van der Waals surface area contributed by atoms with E-state index < -0.39 is 0 Å². The summed E-state index contributed by atoms with van der Waals surface area (Å²) in [6.07, 6.45) is 1.74. The van der Waals surface area contributed by atoms with Gasteiger partial charge in [-0.2, -0.15) is 5.10 Å². The van der Waals surface area contributed by atoms with Crippen LogP contribution in [0.2, 0.25) is 0 Å². The number of benzene rings is 1. The second-order valence-electron chi connectivity index (χ2n) is 7.23. The molecule has 0 spiro atoms. The summed E-state index contributed by atoms with van der Waals surface area (Å²) in [4.78, 5) is 18.7. The summed E-state index contributed by atoms with van der Waals surface area (Å²) in [7, 11) is 3.66. The van der Waals surface area contributed by atoms with Crippen LogP contribution in [-0.2, 0) is 7.05 Å². The summed E-state index contributed by atoms with van der Waals surface area (Å²) < 4.78 is 12.9. The van der Waals surface area contributed by atoms with Crippen molar-refractivity contribution in [3.05, 3.63) is 40.8 Å². The maximum absolute atomic E-state index is 11.8. The van der Waals surface area contributed by atoms with Crippen molar-refractivity contribution in [1.82, 2.24) is 14.7 Å². The zero-order valence-corrected chi connectivity index (χ0v) is 16.5. The Kier molecular flexibility index (Phi) is 5.38. The van der Waals surface area contributed by atoms with E-state index in [1.54, 1.807) is 19.3 Å². The zero-order valence-electron chi connectivity index (χ0n) is 16.5. The third kappa shape index (κ3) is 3.91. The van der Waals surface area contributed by atoms with Gasteiger partial charge in [0.05, 0.1) is 17.6 Å². The number of aromatic nitrogens is 2. The average molecular weight is 385 g/mol. The van der Waals surface area contributed by atoms with E-state index in [9.17, 15) is 4.79 Å². The number of para-hydroxylation sites is 1. The number of rotatable bonds is 5. The fourth-order valence-corrected chi connectivity index (χ4v) is 3.61. The molecular weight excluding hydrogens is 358 g/mol. The SMILES string of the molecule is CN(CCN1CCN(c2cccc3c2OCCO3)CC1)c1cnn(C)c(=O)c1. The highest BCUT2D eigenvalue weighted by molar-refractivity contribution is 5.65. The molecule has 1 fully saturated rings. The molecule has 0 radical (unpaired) electrons. The number of aryl methyl sites for hydroxylation is 1. The van der Waals surface area contributed by atoms with Crippen molar-refractivity contribution in [1.29, 1.82) is 0 Å². The highest BCUT2D eigenvalue weighted by Gasteiger charge is 2.23. The third-order valence-electron chi connectivity index (χ3n) is 5.40. The standard InChI is InChI=1S/C20H27N5O3/c1-22(16-14-19(26)23(2)21-15-16)6-7-24-8-10-25(11-9-24)17-4-3-5-18-20(17)28-13-12-27-18/h3-5,14-15H,6-13H2,1-2H3. The van der Waals surface area contributed by atoms with Crippen LogP contribution in [0, 0.1) is 0 Å². The molecule has 0 saturated carbocycles. The van der Waals surface area contributed by atoms with Crippen molar-refractivity contribution in [2.45, 2.75) is 0 Å². The molecular formula is C20H27N5O3. The molecule has 0 unspecified atom stereocenters. The Morgan fingerprint density at radius 3 is 2.71 bits per heavy atom. The van der Waals surface area contributed by atoms with Crippen molar-refractivity contribution in [2.75, 3.05) is 69.3 Å². The summed E-state index contributed by atoms with van der Waals surface area (Å²) >= 11 is 0. The van der Waals surface area contributed by atoms with Crippen LogP contribution in [0.25, 0.3) is 0 Å². The molecule has 0 aliphatic carbocycles. The van der Waals surface area contributed by atoms with Gasteiger partial charge in [-0.3, -0.25) is 9.69 Å². The molecule has 8 nitrogen and oxygen atoms in total. The minimum Gasteiger partial charge on any atom is -0.486 e. The quantitative estimate of drug-likeness (QED) is 0.755. The molecule has 2 aliphatic heterocycles. The lowest BCUT2D eigenvalue weighted by Crippen LogP contribution is -2.48. The number of ether oxygens (including phenoxy) is 2. The Labute approximate surface area is 164 Å². The number of likely N-dealkylation sites (N-methyl/N-ethyl adjacent to an activating group) is 1. The molecule has 1 aromatic heterocycles. The normalized spacial score (nSPS) is 16.9. The van der Waals surface area contributed by atoms with E-state index in [1.165, 1.54) is 4.68 Å². The number of hydrogen-bond acceptors (Lipinski definition) is 7. The predicted molar refractivity (Wildman–Crippen MR) is 109 cm³/mol. The highest BCUT2D eigenvalue weighted by atomic mass is 16.6. The predicted octanol–water partition coefficient (Wildman–Crippen LogP) is 0.810. The first-order valence-corrected chi connectivity index (χ1v) is 9.72. The summed E-state index contributed by atoms with van der Waals surface area (Å²) in [6, 6.07) is 7.74. The average Bonchev–Trinajstić information content (AvgIpc) is 2.74. The maximum Gasteiger partial charge on any atom is 0.268 e. The van der Waals surface area contributed by atoms with Crippen LogP contribution in [-0.4, -0.2) is 74.2 Å². The Hall–Kier alpha value is -2.74. The molecule has 0 N–H and O–H groups in total. The van der Waals surface area contributed by atoms with Gasteiger partial charge in [0.2, 0.25) is 0 Å². The van der Waals surface area contributed by atoms with Gasteiger partial charge in [-0.25, -0.2) is 4.68 Å². The smallest absolute Gasteiger partial charge is 0.268 e. The van der Waals surface area contributed by atoms with E-state index in [0.29, 0.717) is 13.2 Å². The van der Waals surface area contributed by atoms with Crippen molar-refractivity contribution in [3.63, 3.8) is 0 Å². The van der Waals surface area contributed by atoms with Gasteiger partial charge in [-0.1, -0.05) is 6.07 Å². The lowest BCUT2D eigenvalue weighted by atomic mass is 10.2. The number of piperazine rings is 1. The summed E-state index contributed by atoms with van der Waals surface area (Å²) in [5.74, 6) is 1.72. The van der Waals surface area contributed by atoms with Crippen molar-refractivity contribution in [3.8, 4) is 11.5 Å². The van der Waals surface area contributed by atoms with Gasteiger partial charge in [-0.05, 0) is 12.1 Å².